The monoisotopic (exact) mass is 489 g/mol. The van der Waals surface area contributed by atoms with E-state index in [1.165, 1.54) is 12.4 Å². The molecule has 0 spiro atoms. The molecule has 3 aromatic carbocycles. The Bertz CT molecular complexity index is 1400. The Morgan fingerprint density at radius 3 is 2.60 bits per heavy atom. The van der Waals surface area contributed by atoms with Crippen LogP contribution in [0.15, 0.2) is 90.4 Å². The van der Waals surface area contributed by atoms with Gasteiger partial charge in [0, 0.05) is 22.0 Å². The number of carbonyl (C=O) groups excluding carboxylic acids is 1. The van der Waals surface area contributed by atoms with E-state index in [0.717, 1.165) is 5.56 Å². The molecule has 0 unspecified atom stereocenters. The number of fused-ring (bicyclic) bond motifs is 1. The molecular weight excluding hydrogens is 469 g/mol. The number of amides is 1. The van der Waals surface area contributed by atoms with Crippen molar-refractivity contribution in [1.82, 2.24) is 14.8 Å². The van der Waals surface area contributed by atoms with E-state index in [2.05, 4.69) is 20.7 Å². The fourth-order valence-electron chi connectivity index (χ4n) is 3.95. The van der Waals surface area contributed by atoms with E-state index >= 15 is 0 Å². The van der Waals surface area contributed by atoms with Crippen LogP contribution in [0.5, 0.6) is 5.75 Å². The molecule has 1 aliphatic rings. The molecule has 1 atom stereocenters. The number of nitrogens with zero attached hydrogens (tertiary/aromatic N) is 3. The molecule has 2 N–H and O–H groups in total. The number of carbonyl (C=O) groups is 1. The number of halogens is 2. The highest BCUT2D eigenvalue weighted by Gasteiger charge is 2.33. The number of allylic oxidation sites excluding steroid dienone is 1. The Balaban J connectivity index is 1.41. The van der Waals surface area contributed by atoms with Crippen molar-refractivity contribution in [2.45, 2.75) is 19.6 Å². The number of ether oxygens (including phenoxy) is 1. The third-order valence-electron chi connectivity index (χ3n) is 5.69. The van der Waals surface area contributed by atoms with Gasteiger partial charge in [-0.3, -0.25) is 4.79 Å². The summed E-state index contributed by atoms with van der Waals surface area (Å²) < 4.78 is 21.3. The summed E-state index contributed by atoms with van der Waals surface area (Å²) in [6.07, 6.45) is 1.44. The molecule has 0 saturated carbocycles. The fourth-order valence-corrected chi connectivity index (χ4v) is 4.07. The Morgan fingerprint density at radius 2 is 1.86 bits per heavy atom. The smallest absolute Gasteiger partial charge is 0.255 e. The molecule has 2 heterocycles. The third-order valence-corrected chi connectivity index (χ3v) is 5.94. The SMILES string of the molecule is CC1=C(C(=O)Nc2ccc(Cl)cc2)[C@H](c2ccc(OCc3ccccc3F)cc2)n2ncnc2N1. The summed E-state index contributed by atoms with van der Waals surface area (Å²) in [5, 5.41) is 11.0. The molecule has 0 fully saturated rings. The Morgan fingerprint density at radius 1 is 1.11 bits per heavy atom. The second-order valence-corrected chi connectivity index (χ2v) is 8.44. The van der Waals surface area contributed by atoms with Gasteiger partial charge in [0.25, 0.3) is 5.91 Å². The summed E-state index contributed by atoms with van der Waals surface area (Å²) in [5.74, 6) is 0.533. The van der Waals surface area contributed by atoms with Crippen molar-refractivity contribution in [2.75, 3.05) is 10.6 Å². The Labute approximate surface area is 206 Å². The lowest BCUT2D eigenvalue weighted by Gasteiger charge is -2.28. The molecule has 0 radical (unpaired) electrons. The third kappa shape index (κ3) is 4.74. The first-order chi connectivity index (χ1) is 17.0. The van der Waals surface area contributed by atoms with E-state index < -0.39 is 6.04 Å². The quantitative estimate of drug-likeness (QED) is 0.369. The molecule has 5 rings (SSSR count). The highest BCUT2D eigenvalue weighted by Crippen LogP contribution is 2.36. The highest BCUT2D eigenvalue weighted by molar-refractivity contribution is 6.30. The molecular formula is C26H21ClFN5O2. The Kier molecular flexibility index (Phi) is 6.20. The van der Waals surface area contributed by atoms with Gasteiger partial charge in [-0.05, 0) is 55.0 Å². The summed E-state index contributed by atoms with van der Waals surface area (Å²) in [7, 11) is 0. The maximum absolute atomic E-state index is 13.9. The number of anilines is 2. The van der Waals surface area contributed by atoms with Crippen molar-refractivity contribution in [3.8, 4) is 5.75 Å². The molecule has 9 heteroatoms. The summed E-state index contributed by atoms with van der Waals surface area (Å²) in [6.45, 7) is 1.94. The van der Waals surface area contributed by atoms with Gasteiger partial charge >= 0.3 is 0 Å². The molecule has 7 nitrogen and oxygen atoms in total. The van der Waals surface area contributed by atoms with Crippen LogP contribution < -0.4 is 15.4 Å². The van der Waals surface area contributed by atoms with Gasteiger partial charge in [0.05, 0.1) is 5.57 Å². The van der Waals surface area contributed by atoms with E-state index in [9.17, 15) is 9.18 Å². The van der Waals surface area contributed by atoms with Gasteiger partial charge in [-0.25, -0.2) is 9.07 Å². The lowest BCUT2D eigenvalue weighted by atomic mass is 9.95. The maximum atomic E-state index is 13.9. The summed E-state index contributed by atoms with van der Waals surface area (Å²) >= 11 is 5.97. The zero-order valence-electron chi connectivity index (χ0n) is 18.7. The fraction of sp³-hybridized carbons (Fsp3) is 0.115. The minimum absolute atomic E-state index is 0.111. The topological polar surface area (TPSA) is 81.1 Å². The normalized spacial score (nSPS) is 14.8. The van der Waals surface area contributed by atoms with Crippen LogP contribution in [0.1, 0.15) is 24.1 Å². The molecule has 0 bridgehead atoms. The lowest BCUT2D eigenvalue weighted by Crippen LogP contribution is -2.31. The van der Waals surface area contributed by atoms with Crippen molar-refractivity contribution in [2.24, 2.45) is 0 Å². The van der Waals surface area contributed by atoms with Crippen LogP contribution in [0.4, 0.5) is 16.0 Å². The van der Waals surface area contributed by atoms with Gasteiger partial charge in [-0.15, -0.1) is 0 Å². The van der Waals surface area contributed by atoms with Gasteiger partial charge in [0.1, 0.15) is 30.5 Å². The predicted molar refractivity (Wildman–Crippen MR) is 132 cm³/mol. The van der Waals surface area contributed by atoms with Crippen molar-refractivity contribution in [3.05, 3.63) is 112 Å². The predicted octanol–water partition coefficient (Wildman–Crippen LogP) is 5.58. The summed E-state index contributed by atoms with van der Waals surface area (Å²) in [5.41, 5.74) is 3.08. The van der Waals surface area contributed by atoms with Crippen molar-refractivity contribution < 1.29 is 13.9 Å². The molecule has 0 saturated heterocycles. The van der Waals surface area contributed by atoms with Crippen LogP contribution in [0.2, 0.25) is 5.02 Å². The minimum Gasteiger partial charge on any atom is -0.489 e. The molecule has 35 heavy (non-hydrogen) atoms. The zero-order valence-corrected chi connectivity index (χ0v) is 19.5. The number of rotatable bonds is 6. The second-order valence-electron chi connectivity index (χ2n) is 8.00. The molecule has 1 amide bonds. The van der Waals surface area contributed by atoms with Gasteiger partial charge in [0.2, 0.25) is 5.95 Å². The standard InChI is InChI=1S/C26H21ClFN5O2/c1-16-23(25(34)32-20-10-8-19(27)9-11-20)24(33-26(31-16)29-15-30-33)17-6-12-21(13-7-17)35-14-18-4-2-3-5-22(18)28/h2-13,15,24H,14H2,1H3,(H,32,34)(H,29,30,31)/t24-/m0/s1. The van der Waals surface area contributed by atoms with Crippen LogP contribution in [-0.2, 0) is 11.4 Å². The first kappa shape index (κ1) is 22.6. The largest absolute Gasteiger partial charge is 0.489 e. The first-order valence-corrected chi connectivity index (χ1v) is 11.3. The number of hydrogen-bond donors (Lipinski definition) is 2. The number of nitrogens with one attached hydrogen (secondary N) is 2. The lowest BCUT2D eigenvalue weighted by molar-refractivity contribution is -0.113. The molecule has 1 aliphatic heterocycles. The van der Waals surface area contributed by atoms with Crippen LogP contribution in [0, 0.1) is 5.82 Å². The van der Waals surface area contributed by atoms with Gasteiger partial charge in [0.15, 0.2) is 0 Å². The van der Waals surface area contributed by atoms with Crippen LogP contribution in [-0.4, -0.2) is 20.7 Å². The van der Waals surface area contributed by atoms with E-state index in [0.29, 0.717) is 39.2 Å². The first-order valence-electron chi connectivity index (χ1n) is 10.9. The molecule has 176 valence electrons. The van der Waals surface area contributed by atoms with E-state index in [1.54, 1.807) is 59.3 Å². The number of hydrogen-bond acceptors (Lipinski definition) is 5. The van der Waals surface area contributed by atoms with Gasteiger partial charge in [-0.2, -0.15) is 10.1 Å². The number of aromatic nitrogens is 3. The summed E-state index contributed by atoms with van der Waals surface area (Å²) in [4.78, 5) is 17.6. The maximum Gasteiger partial charge on any atom is 0.255 e. The summed E-state index contributed by atoms with van der Waals surface area (Å²) in [6, 6.07) is 20.2. The van der Waals surface area contributed by atoms with Gasteiger partial charge in [-0.1, -0.05) is 41.9 Å². The molecule has 1 aromatic heterocycles. The molecule has 4 aromatic rings. The van der Waals surface area contributed by atoms with E-state index in [-0.39, 0.29) is 18.3 Å². The van der Waals surface area contributed by atoms with Crippen molar-refractivity contribution >= 4 is 29.1 Å². The van der Waals surface area contributed by atoms with Crippen molar-refractivity contribution in [1.29, 1.82) is 0 Å². The molecule has 0 aliphatic carbocycles. The van der Waals surface area contributed by atoms with E-state index in [1.807, 2.05) is 19.1 Å². The van der Waals surface area contributed by atoms with E-state index in [4.69, 9.17) is 16.3 Å². The average molecular weight is 490 g/mol. The van der Waals surface area contributed by atoms with Crippen LogP contribution in [0.25, 0.3) is 0 Å². The zero-order chi connectivity index (χ0) is 24.4. The van der Waals surface area contributed by atoms with Crippen molar-refractivity contribution in [3.63, 3.8) is 0 Å². The van der Waals surface area contributed by atoms with Crippen LogP contribution >= 0.6 is 11.6 Å². The minimum atomic E-state index is -0.512. The average Bonchev–Trinajstić information content (AvgIpc) is 3.32. The second kappa shape index (κ2) is 9.60. The van der Waals surface area contributed by atoms with Crippen LogP contribution in [0.3, 0.4) is 0 Å². The number of benzene rings is 3. The van der Waals surface area contributed by atoms with Gasteiger partial charge < -0.3 is 15.4 Å². The highest BCUT2D eigenvalue weighted by atomic mass is 35.5. The Hall–Kier alpha value is -4.17.